The first-order valence-electron chi connectivity index (χ1n) is 10.2. The zero-order valence-electron chi connectivity index (χ0n) is 16.1. The molecule has 5 nitrogen and oxygen atoms in total. The molecular formula is C21H30N4O. The van der Waals surface area contributed by atoms with Gasteiger partial charge in [0.2, 0.25) is 11.9 Å². The maximum Gasteiger partial charge on any atom is 0.228 e. The Hall–Kier alpha value is -1.65. The van der Waals surface area contributed by atoms with Crippen LogP contribution >= 0.6 is 0 Å². The van der Waals surface area contributed by atoms with Gasteiger partial charge in [0.1, 0.15) is 0 Å². The van der Waals surface area contributed by atoms with Gasteiger partial charge in [-0.1, -0.05) is 13.8 Å². The highest BCUT2D eigenvalue weighted by atomic mass is 16.2. The smallest absolute Gasteiger partial charge is 0.228 e. The lowest BCUT2D eigenvalue weighted by molar-refractivity contribution is -0.179. The first-order valence-corrected chi connectivity index (χ1v) is 10.2. The van der Waals surface area contributed by atoms with E-state index in [4.69, 9.17) is 0 Å². The number of aromatic nitrogens is 2. The van der Waals surface area contributed by atoms with Gasteiger partial charge < -0.3 is 9.80 Å². The molecule has 5 heteroatoms. The van der Waals surface area contributed by atoms with Crippen LogP contribution in [0.1, 0.15) is 52.4 Å². The highest BCUT2D eigenvalue weighted by Crippen LogP contribution is 2.69. The second-order valence-electron chi connectivity index (χ2n) is 10.2. The van der Waals surface area contributed by atoms with Crippen LogP contribution in [-0.2, 0) is 4.79 Å². The third-order valence-corrected chi connectivity index (χ3v) is 7.48. The molecule has 4 aliphatic carbocycles. The lowest BCUT2D eigenvalue weighted by Crippen LogP contribution is -2.62. The van der Waals surface area contributed by atoms with Gasteiger partial charge in [-0.2, -0.15) is 0 Å². The second-order valence-corrected chi connectivity index (χ2v) is 10.2. The zero-order chi connectivity index (χ0) is 18.0. The molecule has 5 fully saturated rings. The quantitative estimate of drug-likeness (QED) is 0.819. The Morgan fingerprint density at radius 1 is 0.962 bits per heavy atom. The van der Waals surface area contributed by atoms with E-state index in [2.05, 4.69) is 33.6 Å². The molecule has 1 aliphatic heterocycles. The van der Waals surface area contributed by atoms with E-state index in [1.54, 1.807) is 12.4 Å². The lowest BCUT2D eigenvalue weighted by Gasteiger charge is -2.65. The van der Waals surface area contributed by atoms with Gasteiger partial charge in [-0.25, -0.2) is 9.97 Å². The van der Waals surface area contributed by atoms with Gasteiger partial charge in [0, 0.05) is 38.6 Å². The summed E-state index contributed by atoms with van der Waals surface area (Å²) in [7, 11) is 0. The molecule has 140 valence electrons. The second kappa shape index (κ2) is 5.43. The summed E-state index contributed by atoms with van der Waals surface area (Å²) in [5.41, 5.74) is 0.710. The Bertz CT molecular complexity index is 694. The average molecular weight is 354 g/mol. The summed E-state index contributed by atoms with van der Waals surface area (Å²) in [6.45, 7) is 8.17. The fraction of sp³-hybridized carbons (Fsp3) is 0.762. The monoisotopic (exact) mass is 354 g/mol. The van der Waals surface area contributed by atoms with Crippen molar-refractivity contribution >= 4 is 11.9 Å². The van der Waals surface area contributed by atoms with E-state index in [0.717, 1.165) is 57.3 Å². The van der Waals surface area contributed by atoms with E-state index in [0.29, 0.717) is 16.7 Å². The van der Waals surface area contributed by atoms with Crippen LogP contribution in [0.15, 0.2) is 18.5 Å². The molecule has 26 heavy (non-hydrogen) atoms. The van der Waals surface area contributed by atoms with Crippen LogP contribution in [0.4, 0.5) is 5.95 Å². The molecule has 1 aromatic rings. The van der Waals surface area contributed by atoms with Crippen LogP contribution in [0.5, 0.6) is 0 Å². The fourth-order valence-corrected chi connectivity index (χ4v) is 7.59. The van der Waals surface area contributed by atoms with Crippen molar-refractivity contribution in [2.24, 2.45) is 22.2 Å². The normalized spacial score (nSPS) is 41.5. The molecule has 0 aromatic carbocycles. The number of anilines is 1. The maximum absolute atomic E-state index is 13.7. The standard InChI is InChI=1S/C21H30N4O/c1-19-10-16-11-20(2,13-19)15-21(12-16,14-19)17(26)24-6-8-25(9-7-24)18-22-4-3-5-23-18/h3-5,16H,6-15H2,1-2H3/t16?,19-,20-,21?/m0/s1. The highest BCUT2D eigenvalue weighted by Gasteiger charge is 2.63. The molecule has 0 radical (unpaired) electrons. The Kier molecular flexibility index (Phi) is 3.45. The first kappa shape index (κ1) is 16.5. The molecule has 4 bridgehead atoms. The Morgan fingerprint density at radius 3 is 2.15 bits per heavy atom. The summed E-state index contributed by atoms with van der Waals surface area (Å²) in [5.74, 6) is 2.01. The predicted octanol–water partition coefficient (Wildman–Crippen LogP) is 3.12. The van der Waals surface area contributed by atoms with Crippen LogP contribution in [0.25, 0.3) is 0 Å². The zero-order valence-corrected chi connectivity index (χ0v) is 16.1. The van der Waals surface area contributed by atoms with Crippen LogP contribution < -0.4 is 4.90 Å². The molecule has 1 aromatic heterocycles. The fourth-order valence-electron chi connectivity index (χ4n) is 7.59. The topological polar surface area (TPSA) is 49.3 Å². The van der Waals surface area contributed by atoms with E-state index < -0.39 is 0 Å². The van der Waals surface area contributed by atoms with E-state index in [1.165, 1.54) is 19.3 Å². The summed E-state index contributed by atoms with van der Waals surface area (Å²) in [5, 5.41) is 0. The summed E-state index contributed by atoms with van der Waals surface area (Å²) >= 11 is 0. The van der Waals surface area contributed by atoms with Gasteiger partial charge in [-0.05, 0) is 61.3 Å². The van der Waals surface area contributed by atoms with Crippen LogP contribution in [0.2, 0.25) is 0 Å². The summed E-state index contributed by atoms with van der Waals surface area (Å²) in [6, 6.07) is 1.84. The molecule has 2 atom stereocenters. The molecule has 4 saturated carbocycles. The number of rotatable bonds is 2. The number of piperazine rings is 1. The highest BCUT2D eigenvalue weighted by molar-refractivity contribution is 5.84. The van der Waals surface area contributed by atoms with Gasteiger partial charge in [0.05, 0.1) is 5.41 Å². The average Bonchev–Trinajstić information content (AvgIpc) is 2.59. The van der Waals surface area contributed by atoms with E-state index >= 15 is 0 Å². The minimum atomic E-state index is -0.0751. The van der Waals surface area contributed by atoms with Gasteiger partial charge >= 0.3 is 0 Å². The number of carbonyl (C=O) groups is 1. The Balaban J connectivity index is 1.32. The number of nitrogens with zero attached hydrogens (tertiary/aromatic N) is 4. The molecule has 6 rings (SSSR count). The number of carbonyl (C=O) groups excluding carboxylic acids is 1. The largest absolute Gasteiger partial charge is 0.339 e. The number of amides is 1. The third kappa shape index (κ3) is 2.54. The van der Waals surface area contributed by atoms with Crippen molar-refractivity contribution in [2.45, 2.75) is 52.4 Å². The van der Waals surface area contributed by atoms with Gasteiger partial charge in [0.15, 0.2) is 0 Å². The molecular weight excluding hydrogens is 324 g/mol. The summed E-state index contributed by atoms with van der Waals surface area (Å²) in [6.07, 6.45) is 11.0. The third-order valence-electron chi connectivity index (χ3n) is 7.48. The van der Waals surface area contributed by atoms with Gasteiger partial charge in [-0.15, -0.1) is 0 Å². The van der Waals surface area contributed by atoms with Crippen molar-refractivity contribution < 1.29 is 4.79 Å². The molecule has 1 amide bonds. The van der Waals surface area contributed by atoms with Gasteiger partial charge in [-0.3, -0.25) is 4.79 Å². The molecule has 1 saturated heterocycles. The minimum absolute atomic E-state index is 0.0751. The van der Waals surface area contributed by atoms with Crippen LogP contribution in [0.3, 0.4) is 0 Å². The van der Waals surface area contributed by atoms with Crippen LogP contribution in [-0.4, -0.2) is 47.0 Å². The first-order chi connectivity index (χ1) is 12.4. The Morgan fingerprint density at radius 2 is 1.58 bits per heavy atom. The van der Waals surface area contributed by atoms with E-state index in [-0.39, 0.29) is 5.41 Å². The predicted molar refractivity (Wildman–Crippen MR) is 101 cm³/mol. The van der Waals surface area contributed by atoms with Crippen molar-refractivity contribution in [1.82, 2.24) is 14.9 Å². The van der Waals surface area contributed by atoms with Crippen molar-refractivity contribution in [2.75, 3.05) is 31.1 Å². The molecule has 0 unspecified atom stereocenters. The summed E-state index contributed by atoms with van der Waals surface area (Å²) in [4.78, 5) is 26.7. The van der Waals surface area contributed by atoms with Crippen molar-refractivity contribution in [3.8, 4) is 0 Å². The van der Waals surface area contributed by atoms with Crippen molar-refractivity contribution in [1.29, 1.82) is 0 Å². The van der Waals surface area contributed by atoms with E-state index in [9.17, 15) is 4.79 Å². The number of hydrogen-bond donors (Lipinski definition) is 0. The minimum Gasteiger partial charge on any atom is -0.339 e. The molecule has 0 N–H and O–H groups in total. The number of hydrogen-bond acceptors (Lipinski definition) is 4. The molecule has 5 aliphatic rings. The van der Waals surface area contributed by atoms with Crippen molar-refractivity contribution in [3.05, 3.63) is 18.5 Å². The lowest BCUT2D eigenvalue weighted by atomic mass is 9.40. The SMILES string of the molecule is C[C@@]12CC3CC(C(=O)N4CCN(c5ncccn5)CC4)(C1)C[C@@](C)(C3)C2. The van der Waals surface area contributed by atoms with Gasteiger partial charge in [0.25, 0.3) is 0 Å². The van der Waals surface area contributed by atoms with E-state index in [1.807, 2.05) is 6.07 Å². The maximum atomic E-state index is 13.7. The van der Waals surface area contributed by atoms with Crippen molar-refractivity contribution in [3.63, 3.8) is 0 Å². The molecule has 0 spiro atoms. The Labute approximate surface area is 156 Å². The summed E-state index contributed by atoms with van der Waals surface area (Å²) < 4.78 is 0. The van der Waals surface area contributed by atoms with Crippen LogP contribution in [0, 0.1) is 22.2 Å². The molecule has 2 heterocycles.